The van der Waals surface area contributed by atoms with Gasteiger partial charge in [-0.15, -0.1) is 0 Å². The van der Waals surface area contributed by atoms with Crippen LogP contribution in [-0.2, 0) is 0 Å². The smallest absolute Gasteiger partial charge is 0.138 e. The summed E-state index contributed by atoms with van der Waals surface area (Å²) in [4.78, 5) is 12.9. The zero-order valence-electron chi connectivity index (χ0n) is 15.6. The molecule has 0 unspecified atom stereocenters. The molecule has 0 aromatic carbocycles. The number of nitrogens with one attached hydrogen (secondary N) is 3. The molecule has 0 amide bonds. The molecule has 0 saturated carbocycles. The Morgan fingerprint density at radius 1 is 1.10 bits per heavy atom. The number of rotatable bonds is 3. The molecule has 142 valence electrons. The quantitative estimate of drug-likeness (QED) is 0.415. The van der Waals surface area contributed by atoms with Crippen LogP contribution in [-0.4, -0.2) is 38.2 Å². The highest BCUT2D eigenvalue weighted by Crippen LogP contribution is 2.33. The topological polar surface area (TPSA) is 82.3 Å². The van der Waals surface area contributed by atoms with E-state index >= 15 is 0 Å². The SMILES string of the molecule is C1=C(c2ccc3[nH]nc(-c4cc5c(-c6ccsc6)ccnc5[nH]4)c3n2)CCNC1. The number of hydrogen-bond acceptors (Lipinski definition) is 5. The molecule has 0 atom stereocenters. The average Bonchev–Trinajstić information content (AvgIpc) is 3.52. The van der Waals surface area contributed by atoms with Crippen LogP contribution in [0.5, 0.6) is 0 Å². The second kappa shape index (κ2) is 6.65. The summed E-state index contributed by atoms with van der Waals surface area (Å²) in [7, 11) is 0. The van der Waals surface area contributed by atoms with Crippen LogP contribution in [0.25, 0.3) is 50.2 Å². The zero-order valence-corrected chi connectivity index (χ0v) is 16.4. The molecule has 3 N–H and O–H groups in total. The summed E-state index contributed by atoms with van der Waals surface area (Å²) in [6, 6.07) is 10.5. The van der Waals surface area contributed by atoms with Crippen LogP contribution in [0.15, 0.2) is 53.4 Å². The summed E-state index contributed by atoms with van der Waals surface area (Å²) in [5.41, 5.74) is 9.11. The molecule has 0 aliphatic carbocycles. The fourth-order valence-electron chi connectivity index (χ4n) is 3.94. The molecule has 1 aliphatic heterocycles. The lowest BCUT2D eigenvalue weighted by molar-refractivity contribution is 0.737. The third-order valence-electron chi connectivity index (χ3n) is 5.42. The predicted molar refractivity (Wildman–Crippen MR) is 118 cm³/mol. The Hall–Kier alpha value is -3.29. The van der Waals surface area contributed by atoms with Crippen molar-refractivity contribution in [3.8, 4) is 22.5 Å². The van der Waals surface area contributed by atoms with Crippen LogP contribution >= 0.6 is 11.3 Å². The van der Waals surface area contributed by atoms with Crippen molar-refractivity contribution in [3.63, 3.8) is 0 Å². The number of fused-ring (bicyclic) bond motifs is 2. The average molecular weight is 398 g/mol. The van der Waals surface area contributed by atoms with Crippen molar-refractivity contribution in [2.24, 2.45) is 0 Å². The summed E-state index contributed by atoms with van der Waals surface area (Å²) >= 11 is 1.70. The third-order valence-corrected chi connectivity index (χ3v) is 6.10. The van der Waals surface area contributed by atoms with E-state index in [-0.39, 0.29) is 0 Å². The molecule has 0 radical (unpaired) electrons. The molecule has 1 aliphatic rings. The first-order chi connectivity index (χ1) is 14.4. The van der Waals surface area contributed by atoms with Gasteiger partial charge in [0.1, 0.15) is 16.9 Å². The van der Waals surface area contributed by atoms with Crippen LogP contribution < -0.4 is 5.32 Å². The second-order valence-corrected chi connectivity index (χ2v) is 7.94. The van der Waals surface area contributed by atoms with Gasteiger partial charge in [0.15, 0.2) is 0 Å². The maximum Gasteiger partial charge on any atom is 0.138 e. The van der Waals surface area contributed by atoms with Gasteiger partial charge in [0.05, 0.1) is 16.9 Å². The lowest BCUT2D eigenvalue weighted by Crippen LogP contribution is -2.20. The number of hydrogen-bond donors (Lipinski definition) is 3. The Balaban J connectivity index is 1.50. The van der Waals surface area contributed by atoms with Gasteiger partial charge in [-0.1, -0.05) is 6.08 Å². The Morgan fingerprint density at radius 3 is 2.97 bits per heavy atom. The van der Waals surface area contributed by atoms with Crippen LogP contribution in [0.1, 0.15) is 12.1 Å². The highest BCUT2D eigenvalue weighted by molar-refractivity contribution is 7.08. The normalized spacial score (nSPS) is 14.6. The minimum absolute atomic E-state index is 0.825. The zero-order chi connectivity index (χ0) is 19.2. The molecule has 0 fully saturated rings. The molecule has 7 heteroatoms. The van der Waals surface area contributed by atoms with Crippen molar-refractivity contribution in [1.82, 2.24) is 30.5 Å². The molecule has 0 bridgehead atoms. The van der Waals surface area contributed by atoms with Crippen LogP contribution in [0.2, 0.25) is 0 Å². The van der Waals surface area contributed by atoms with Crippen molar-refractivity contribution in [1.29, 1.82) is 0 Å². The number of H-pyrrole nitrogens is 2. The largest absolute Gasteiger partial charge is 0.338 e. The van der Waals surface area contributed by atoms with Gasteiger partial charge < -0.3 is 10.3 Å². The number of aromatic nitrogens is 5. The molecule has 6 rings (SSSR count). The Labute approximate surface area is 170 Å². The molecular weight excluding hydrogens is 380 g/mol. The van der Waals surface area contributed by atoms with Crippen LogP contribution in [0.3, 0.4) is 0 Å². The van der Waals surface area contributed by atoms with Crippen molar-refractivity contribution in [3.05, 3.63) is 59.1 Å². The van der Waals surface area contributed by atoms with E-state index in [4.69, 9.17) is 4.98 Å². The number of aromatic amines is 2. The Kier molecular flexibility index (Phi) is 3.82. The predicted octanol–water partition coefficient (Wildman–Crippen LogP) is 4.61. The first-order valence-electron chi connectivity index (χ1n) is 9.63. The van der Waals surface area contributed by atoms with Gasteiger partial charge >= 0.3 is 0 Å². The molecule has 5 aromatic heterocycles. The molecule has 5 aromatic rings. The number of pyridine rings is 2. The van der Waals surface area contributed by atoms with E-state index in [2.05, 4.69) is 72.7 Å². The van der Waals surface area contributed by atoms with E-state index in [1.165, 1.54) is 16.7 Å². The van der Waals surface area contributed by atoms with Crippen LogP contribution in [0.4, 0.5) is 0 Å². The third kappa shape index (κ3) is 2.78. The molecular formula is C22H18N6S. The lowest BCUT2D eigenvalue weighted by atomic mass is 10.0. The first kappa shape index (κ1) is 16.6. The van der Waals surface area contributed by atoms with Gasteiger partial charge in [-0.05, 0) is 70.8 Å². The van der Waals surface area contributed by atoms with Crippen molar-refractivity contribution < 1.29 is 0 Å². The monoisotopic (exact) mass is 398 g/mol. The summed E-state index contributed by atoms with van der Waals surface area (Å²) in [5, 5.41) is 16.4. The van der Waals surface area contributed by atoms with E-state index in [1.54, 1.807) is 11.3 Å². The lowest BCUT2D eigenvalue weighted by Gasteiger charge is -2.13. The number of nitrogens with zero attached hydrogens (tertiary/aromatic N) is 3. The van der Waals surface area contributed by atoms with Gasteiger partial charge in [0.2, 0.25) is 0 Å². The highest BCUT2D eigenvalue weighted by atomic mass is 32.1. The van der Waals surface area contributed by atoms with E-state index < -0.39 is 0 Å². The molecule has 0 spiro atoms. The van der Waals surface area contributed by atoms with Gasteiger partial charge in [-0.2, -0.15) is 16.4 Å². The second-order valence-electron chi connectivity index (χ2n) is 7.16. The molecule has 0 saturated heterocycles. The Morgan fingerprint density at radius 2 is 2.10 bits per heavy atom. The minimum atomic E-state index is 0.825. The van der Waals surface area contributed by atoms with Crippen molar-refractivity contribution in [2.45, 2.75) is 6.42 Å². The van der Waals surface area contributed by atoms with E-state index in [1.807, 2.05) is 6.20 Å². The van der Waals surface area contributed by atoms with Crippen molar-refractivity contribution in [2.75, 3.05) is 13.1 Å². The van der Waals surface area contributed by atoms with E-state index in [0.717, 1.165) is 58.7 Å². The van der Waals surface area contributed by atoms with E-state index in [9.17, 15) is 0 Å². The van der Waals surface area contributed by atoms with E-state index in [0.29, 0.717) is 0 Å². The molecule has 6 nitrogen and oxygen atoms in total. The summed E-state index contributed by atoms with van der Waals surface area (Å²) < 4.78 is 0. The van der Waals surface area contributed by atoms with Crippen LogP contribution in [0, 0.1) is 0 Å². The minimum Gasteiger partial charge on any atom is -0.338 e. The maximum absolute atomic E-state index is 4.95. The standard InChI is InChI=1S/C22H18N6S/c1-2-18-20(25-17(1)13-3-7-23-8-4-13)21(28-27-18)19-11-16-15(14-6-10-29-12-14)5-9-24-22(16)26-19/h1-3,5-6,9-12,23H,4,7-8H2,(H,24,26)(H,27,28). The van der Waals surface area contributed by atoms with Gasteiger partial charge in [-0.3, -0.25) is 5.10 Å². The first-order valence-corrected chi connectivity index (χ1v) is 10.6. The summed E-state index contributed by atoms with van der Waals surface area (Å²) in [5.74, 6) is 0. The maximum atomic E-state index is 4.95. The summed E-state index contributed by atoms with van der Waals surface area (Å²) in [6.07, 6.45) is 5.06. The molecule has 6 heterocycles. The fourth-order valence-corrected chi connectivity index (χ4v) is 4.60. The summed E-state index contributed by atoms with van der Waals surface area (Å²) in [6.45, 7) is 1.88. The fraction of sp³-hybridized carbons (Fsp3) is 0.136. The highest BCUT2D eigenvalue weighted by Gasteiger charge is 2.16. The van der Waals surface area contributed by atoms with Gasteiger partial charge in [0.25, 0.3) is 0 Å². The van der Waals surface area contributed by atoms with Gasteiger partial charge in [-0.25, -0.2) is 9.97 Å². The van der Waals surface area contributed by atoms with Gasteiger partial charge in [0, 0.05) is 18.1 Å². The Bertz CT molecular complexity index is 1360. The molecule has 29 heavy (non-hydrogen) atoms. The van der Waals surface area contributed by atoms with Crippen molar-refractivity contribution >= 4 is 39.0 Å². The number of thiophene rings is 1.